The average molecular weight is 272 g/mol. The van der Waals surface area contributed by atoms with Crippen molar-refractivity contribution in [1.82, 2.24) is 20.2 Å². The molecule has 1 aromatic carbocycles. The number of imidazole rings is 1. The number of rotatable bonds is 3. The lowest BCUT2D eigenvalue weighted by molar-refractivity contribution is 0.0615. The monoisotopic (exact) mass is 272 g/mol. The number of aromatic nitrogens is 2. The van der Waals surface area contributed by atoms with E-state index in [1.54, 1.807) is 6.33 Å². The maximum Gasteiger partial charge on any atom is 0.254 e. The number of nitrogens with one attached hydrogen (secondary N) is 2. The normalized spacial score (nSPS) is 19.4. The predicted octanol–water partition coefficient (Wildman–Crippen LogP) is 1.78. The minimum atomic E-state index is 0.126. The van der Waals surface area contributed by atoms with Gasteiger partial charge in [0.2, 0.25) is 0 Å². The average Bonchev–Trinajstić information content (AvgIpc) is 2.95. The van der Waals surface area contributed by atoms with Crippen LogP contribution >= 0.6 is 0 Å². The van der Waals surface area contributed by atoms with Gasteiger partial charge in [-0.2, -0.15) is 0 Å². The predicted molar refractivity (Wildman–Crippen MR) is 78.7 cm³/mol. The van der Waals surface area contributed by atoms with E-state index in [1.807, 2.05) is 30.1 Å². The lowest BCUT2D eigenvalue weighted by Gasteiger charge is -2.35. The molecule has 1 saturated heterocycles. The highest BCUT2D eigenvalue weighted by atomic mass is 16.2. The first-order valence-electron chi connectivity index (χ1n) is 7.18. The highest BCUT2D eigenvalue weighted by Crippen LogP contribution is 2.20. The van der Waals surface area contributed by atoms with Crippen LogP contribution in [0.25, 0.3) is 11.0 Å². The first-order chi connectivity index (χ1) is 9.79. The third-order valence-corrected chi connectivity index (χ3v) is 3.99. The van der Waals surface area contributed by atoms with Gasteiger partial charge in [0.1, 0.15) is 0 Å². The number of aromatic amines is 1. The number of H-pyrrole nitrogens is 1. The Morgan fingerprint density at radius 3 is 3.25 bits per heavy atom. The molecule has 1 atom stereocenters. The summed E-state index contributed by atoms with van der Waals surface area (Å²) < 4.78 is 0. The van der Waals surface area contributed by atoms with E-state index in [-0.39, 0.29) is 5.91 Å². The summed E-state index contributed by atoms with van der Waals surface area (Å²) in [5.74, 6) is 0.126. The Hall–Kier alpha value is -1.88. The highest BCUT2D eigenvalue weighted by molar-refractivity contribution is 5.97. The second-order valence-electron chi connectivity index (χ2n) is 5.34. The summed E-state index contributed by atoms with van der Waals surface area (Å²) >= 11 is 0. The maximum atomic E-state index is 12.7. The maximum absolute atomic E-state index is 12.7. The zero-order valence-corrected chi connectivity index (χ0v) is 11.7. The summed E-state index contributed by atoms with van der Waals surface area (Å²) in [5, 5.41) is 3.19. The van der Waals surface area contributed by atoms with Crippen molar-refractivity contribution in [2.24, 2.45) is 0 Å². The van der Waals surface area contributed by atoms with E-state index in [2.05, 4.69) is 15.3 Å². The van der Waals surface area contributed by atoms with Gasteiger partial charge in [-0.15, -0.1) is 0 Å². The smallest absolute Gasteiger partial charge is 0.254 e. The Bertz CT molecular complexity index is 605. The zero-order chi connectivity index (χ0) is 13.9. The van der Waals surface area contributed by atoms with Gasteiger partial charge in [0.15, 0.2) is 0 Å². The Labute approximate surface area is 118 Å². The highest BCUT2D eigenvalue weighted by Gasteiger charge is 2.27. The van der Waals surface area contributed by atoms with Crippen LogP contribution in [0.15, 0.2) is 24.5 Å². The lowest BCUT2D eigenvalue weighted by Crippen LogP contribution is -2.48. The number of amides is 1. The number of carbonyl (C=O) groups is 1. The molecule has 5 nitrogen and oxygen atoms in total. The van der Waals surface area contributed by atoms with Crippen molar-refractivity contribution in [1.29, 1.82) is 0 Å². The van der Waals surface area contributed by atoms with Crippen LogP contribution in [0.5, 0.6) is 0 Å². The first kappa shape index (κ1) is 13.1. The van der Waals surface area contributed by atoms with E-state index < -0.39 is 0 Å². The van der Waals surface area contributed by atoms with Gasteiger partial charge in [-0.05, 0) is 44.5 Å². The van der Waals surface area contributed by atoms with Crippen LogP contribution in [0.2, 0.25) is 0 Å². The third-order valence-electron chi connectivity index (χ3n) is 3.99. The fraction of sp³-hybridized carbons (Fsp3) is 0.467. The number of benzene rings is 1. The quantitative estimate of drug-likeness (QED) is 0.895. The molecule has 1 aliphatic heterocycles. The van der Waals surface area contributed by atoms with Crippen molar-refractivity contribution in [2.75, 3.05) is 20.1 Å². The van der Waals surface area contributed by atoms with Gasteiger partial charge in [0.25, 0.3) is 5.91 Å². The Morgan fingerprint density at radius 1 is 1.50 bits per heavy atom. The van der Waals surface area contributed by atoms with Crippen LogP contribution in [-0.2, 0) is 0 Å². The van der Waals surface area contributed by atoms with Crippen LogP contribution in [0.3, 0.4) is 0 Å². The van der Waals surface area contributed by atoms with Crippen molar-refractivity contribution < 1.29 is 4.79 Å². The van der Waals surface area contributed by atoms with Crippen molar-refractivity contribution in [3.63, 3.8) is 0 Å². The number of likely N-dealkylation sites (tertiary alicyclic amines) is 1. The van der Waals surface area contributed by atoms with E-state index in [0.717, 1.165) is 42.5 Å². The summed E-state index contributed by atoms with van der Waals surface area (Å²) in [7, 11) is 1.94. The topological polar surface area (TPSA) is 61.0 Å². The van der Waals surface area contributed by atoms with E-state index in [4.69, 9.17) is 0 Å². The minimum absolute atomic E-state index is 0.126. The molecular formula is C15H20N4O. The van der Waals surface area contributed by atoms with E-state index >= 15 is 0 Å². The Morgan fingerprint density at radius 2 is 2.40 bits per heavy atom. The number of likely N-dealkylation sites (N-methyl/N-ethyl adjacent to an activating group) is 1. The molecule has 1 amide bonds. The van der Waals surface area contributed by atoms with Gasteiger partial charge >= 0.3 is 0 Å². The van der Waals surface area contributed by atoms with Crippen molar-refractivity contribution in [3.05, 3.63) is 30.1 Å². The summed E-state index contributed by atoms with van der Waals surface area (Å²) in [6, 6.07) is 5.97. The first-order valence-corrected chi connectivity index (χ1v) is 7.18. The summed E-state index contributed by atoms with van der Waals surface area (Å²) in [6.07, 6.45) is 5.04. The molecule has 5 heteroatoms. The number of hydrogen-bond donors (Lipinski definition) is 2. The standard InChI is InChI=1S/C15H20N4O/c1-16-9-12-4-2-3-7-19(12)15(20)11-5-6-13-14(8-11)18-10-17-13/h5-6,8,10,12,16H,2-4,7,9H2,1H3,(H,17,18). The zero-order valence-electron chi connectivity index (χ0n) is 11.7. The number of hydrogen-bond acceptors (Lipinski definition) is 3. The molecule has 2 heterocycles. The van der Waals surface area contributed by atoms with Crippen LogP contribution < -0.4 is 5.32 Å². The second kappa shape index (κ2) is 5.63. The van der Waals surface area contributed by atoms with Gasteiger partial charge in [-0.3, -0.25) is 4.79 Å². The van der Waals surface area contributed by atoms with E-state index in [0.29, 0.717) is 6.04 Å². The Balaban J connectivity index is 1.85. The fourth-order valence-electron chi connectivity index (χ4n) is 2.95. The van der Waals surface area contributed by atoms with Crippen LogP contribution in [0, 0.1) is 0 Å². The summed E-state index contributed by atoms with van der Waals surface area (Å²) in [5.41, 5.74) is 2.55. The molecule has 0 spiro atoms. The SMILES string of the molecule is CNCC1CCCCN1C(=O)c1ccc2nc[nH]c2c1. The molecule has 0 bridgehead atoms. The molecule has 0 saturated carbocycles. The molecule has 3 rings (SSSR count). The van der Waals surface area contributed by atoms with Gasteiger partial charge in [-0.25, -0.2) is 4.98 Å². The molecule has 1 unspecified atom stereocenters. The second-order valence-corrected chi connectivity index (χ2v) is 5.34. The molecule has 0 radical (unpaired) electrons. The van der Waals surface area contributed by atoms with Gasteiger partial charge < -0.3 is 15.2 Å². The lowest BCUT2D eigenvalue weighted by atomic mass is 10.0. The number of piperidine rings is 1. The van der Waals surface area contributed by atoms with Gasteiger partial charge in [-0.1, -0.05) is 0 Å². The number of nitrogens with zero attached hydrogens (tertiary/aromatic N) is 2. The molecule has 20 heavy (non-hydrogen) atoms. The number of fused-ring (bicyclic) bond motifs is 1. The van der Waals surface area contributed by atoms with Crippen LogP contribution in [0.4, 0.5) is 0 Å². The van der Waals surface area contributed by atoms with Crippen molar-refractivity contribution >= 4 is 16.9 Å². The van der Waals surface area contributed by atoms with Gasteiger partial charge in [0, 0.05) is 24.7 Å². The van der Waals surface area contributed by atoms with Crippen molar-refractivity contribution in [3.8, 4) is 0 Å². The minimum Gasteiger partial charge on any atom is -0.345 e. The Kier molecular flexibility index (Phi) is 3.69. The largest absolute Gasteiger partial charge is 0.345 e. The molecule has 2 N–H and O–H groups in total. The van der Waals surface area contributed by atoms with Crippen LogP contribution in [-0.4, -0.2) is 47.0 Å². The fourth-order valence-corrected chi connectivity index (χ4v) is 2.95. The van der Waals surface area contributed by atoms with E-state index in [1.165, 1.54) is 6.42 Å². The molecule has 1 fully saturated rings. The molecule has 1 aromatic heterocycles. The molecule has 2 aromatic rings. The molecule has 106 valence electrons. The molecule has 0 aliphatic carbocycles. The summed E-state index contributed by atoms with van der Waals surface area (Å²) in [4.78, 5) is 22.0. The van der Waals surface area contributed by atoms with E-state index in [9.17, 15) is 4.79 Å². The molecule has 1 aliphatic rings. The third kappa shape index (κ3) is 2.41. The van der Waals surface area contributed by atoms with Crippen molar-refractivity contribution in [2.45, 2.75) is 25.3 Å². The summed E-state index contributed by atoms with van der Waals surface area (Å²) in [6.45, 7) is 1.71. The molecular weight excluding hydrogens is 252 g/mol. The number of carbonyl (C=O) groups excluding carboxylic acids is 1. The van der Waals surface area contributed by atoms with Crippen LogP contribution in [0.1, 0.15) is 29.6 Å². The van der Waals surface area contributed by atoms with Gasteiger partial charge in [0.05, 0.1) is 17.4 Å².